The van der Waals surface area contributed by atoms with Gasteiger partial charge in [-0.1, -0.05) is 48.0 Å². The molecule has 0 spiro atoms. The molecule has 3 aromatic carbocycles. The number of nitrogens with zero attached hydrogens (tertiary/aromatic N) is 2. The van der Waals surface area contributed by atoms with Crippen molar-refractivity contribution in [3.63, 3.8) is 0 Å². The fourth-order valence-corrected chi connectivity index (χ4v) is 3.79. The lowest BCUT2D eigenvalue weighted by Crippen LogP contribution is -2.06. The molecule has 0 aliphatic rings. The Kier molecular flexibility index (Phi) is 4.81. The Labute approximate surface area is 177 Å². The summed E-state index contributed by atoms with van der Waals surface area (Å²) in [6.45, 7) is 0. The van der Waals surface area contributed by atoms with E-state index in [0.29, 0.717) is 11.4 Å². The van der Waals surface area contributed by atoms with E-state index in [1.807, 2.05) is 54.7 Å². The number of para-hydroxylation sites is 2. The SMILES string of the molecule is Fc1ccc(Cc2ncc(C(c3ccc(Cl)cc3)c3nc4ccccc4[nH]3)[nH]2)cc1. The Hall–Kier alpha value is -3.44. The van der Waals surface area contributed by atoms with E-state index in [9.17, 15) is 4.39 Å². The van der Waals surface area contributed by atoms with E-state index in [2.05, 4.69) is 15.0 Å². The zero-order chi connectivity index (χ0) is 20.5. The first-order valence-corrected chi connectivity index (χ1v) is 10.0. The number of nitrogens with one attached hydrogen (secondary N) is 2. The van der Waals surface area contributed by atoms with Crippen LogP contribution < -0.4 is 0 Å². The summed E-state index contributed by atoms with van der Waals surface area (Å²) in [5, 5.41) is 0.684. The maximum absolute atomic E-state index is 13.2. The Morgan fingerprint density at radius 3 is 2.43 bits per heavy atom. The Morgan fingerprint density at radius 2 is 1.67 bits per heavy atom. The normalized spacial score (nSPS) is 12.3. The van der Waals surface area contributed by atoms with Gasteiger partial charge in [-0.3, -0.25) is 0 Å². The molecule has 148 valence electrons. The van der Waals surface area contributed by atoms with Gasteiger partial charge in [-0.05, 0) is 47.5 Å². The van der Waals surface area contributed by atoms with Gasteiger partial charge in [0.05, 0.1) is 17.0 Å². The van der Waals surface area contributed by atoms with Crippen molar-refractivity contribution in [3.05, 3.63) is 118 Å². The molecule has 4 nitrogen and oxygen atoms in total. The first-order chi connectivity index (χ1) is 14.7. The zero-order valence-electron chi connectivity index (χ0n) is 15.9. The van der Waals surface area contributed by atoms with Gasteiger partial charge >= 0.3 is 0 Å². The maximum Gasteiger partial charge on any atom is 0.123 e. The molecule has 0 saturated carbocycles. The second-order valence-electron chi connectivity index (χ2n) is 7.21. The number of benzene rings is 3. The summed E-state index contributed by atoms with van der Waals surface area (Å²) in [5.74, 6) is 1.25. The van der Waals surface area contributed by atoms with Crippen molar-refractivity contribution in [2.75, 3.05) is 0 Å². The van der Waals surface area contributed by atoms with E-state index in [4.69, 9.17) is 16.6 Å². The smallest absolute Gasteiger partial charge is 0.123 e. The fourth-order valence-electron chi connectivity index (χ4n) is 3.66. The minimum atomic E-state index is -0.244. The quantitative estimate of drug-likeness (QED) is 0.377. The van der Waals surface area contributed by atoms with Crippen LogP contribution >= 0.6 is 11.6 Å². The van der Waals surface area contributed by atoms with Gasteiger partial charge in [0.2, 0.25) is 0 Å². The van der Waals surface area contributed by atoms with E-state index < -0.39 is 0 Å². The van der Waals surface area contributed by atoms with Crippen LogP contribution in [0.2, 0.25) is 5.02 Å². The molecule has 2 N–H and O–H groups in total. The molecule has 2 aromatic heterocycles. The summed E-state index contributed by atoms with van der Waals surface area (Å²) in [5.41, 5.74) is 4.86. The molecule has 2 heterocycles. The predicted octanol–water partition coefficient (Wildman–Crippen LogP) is 5.85. The molecule has 1 atom stereocenters. The molecule has 0 aliphatic carbocycles. The molecule has 6 heteroatoms. The molecule has 0 fully saturated rings. The van der Waals surface area contributed by atoms with Crippen LogP contribution in [0, 0.1) is 5.82 Å². The van der Waals surface area contributed by atoms with Crippen molar-refractivity contribution >= 4 is 22.6 Å². The Balaban J connectivity index is 1.54. The van der Waals surface area contributed by atoms with Gasteiger partial charge in [0.25, 0.3) is 0 Å². The van der Waals surface area contributed by atoms with Crippen molar-refractivity contribution < 1.29 is 4.39 Å². The summed E-state index contributed by atoms with van der Waals surface area (Å²) in [4.78, 5) is 16.2. The zero-order valence-corrected chi connectivity index (χ0v) is 16.7. The highest BCUT2D eigenvalue weighted by molar-refractivity contribution is 6.30. The molecule has 0 saturated heterocycles. The number of H-pyrrole nitrogens is 2. The molecule has 5 aromatic rings. The summed E-state index contributed by atoms with van der Waals surface area (Å²) in [6, 6.07) is 22.2. The van der Waals surface area contributed by atoms with Crippen molar-refractivity contribution in [1.29, 1.82) is 0 Å². The van der Waals surface area contributed by atoms with Crippen molar-refractivity contribution in [2.24, 2.45) is 0 Å². The van der Waals surface area contributed by atoms with Gasteiger partial charge < -0.3 is 9.97 Å². The Bertz CT molecular complexity index is 1260. The molecule has 30 heavy (non-hydrogen) atoms. The summed E-state index contributed by atoms with van der Waals surface area (Å²) in [7, 11) is 0. The molecule has 1 unspecified atom stereocenters. The van der Waals surface area contributed by atoms with Crippen LogP contribution in [0.5, 0.6) is 0 Å². The number of aromatic nitrogens is 4. The number of imidazole rings is 2. The predicted molar refractivity (Wildman–Crippen MR) is 116 cm³/mol. The van der Waals surface area contributed by atoms with E-state index in [-0.39, 0.29) is 11.7 Å². The maximum atomic E-state index is 13.2. The highest BCUT2D eigenvalue weighted by Gasteiger charge is 2.22. The number of fused-ring (bicyclic) bond motifs is 1. The third kappa shape index (κ3) is 3.72. The van der Waals surface area contributed by atoms with Crippen molar-refractivity contribution in [1.82, 2.24) is 19.9 Å². The van der Waals surface area contributed by atoms with Gasteiger partial charge in [-0.2, -0.15) is 0 Å². The average Bonchev–Trinajstić information content (AvgIpc) is 3.38. The van der Waals surface area contributed by atoms with E-state index in [1.54, 1.807) is 12.1 Å². The van der Waals surface area contributed by atoms with E-state index >= 15 is 0 Å². The monoisotopic (exact) mass is 416 g/mol. The van der Waals surface area contributed by atoms with Gasteiger partial charge in [-0.25, -0.2) is 14.4 Å². The molecule has 0 bridgehead atoms. The van der Waals surface area contributed by atoms with Gasteiger partial charge in [0.15, 0.2) is 0 Å². The van der Waals surface area contributed by atoms with Crippen LogP contribution in [-0.2, 0) is 6.42 Å². The molecular weight excluding hydrogens is 399 g/mol. The number of hydrogen-bond acceptors (Lipinski definition) is 2. The van der Waals surface area contributed by atoms with Gasteiger partial charge in [0, 0.05) is 23.3 Å². The van der Waals surface area contributed by atoms with E-state index in [0.717, 1.165) is 39.5 Å². The molecule has 0 aliphatic heterocycles. The first kappa shape index (κ1) is 18.6. The van der Waals surface area contributed by atoms with Crippen LogP contribution in [0.3, 0.4) is 0 Å². The van der Waals surface area contributed by atoms with Crippen molar-refractivity contribution in [2.45, 2.75) is 12.3 Å². The van der Waals surface area contributed by atoms with Crippen LogP contribution in [-0.4, -0.2) is 19.9 Å². The molecule has 5 rings (SSSR count). The van der Waals surface area contributed by atoms with Crippen LogP contribution in [0.15, 0.2) is 79.0 Å². The molecule has 0 radical (unpaired) electrons. The van der Waals surface area contributed by atoms with Gasteiger partial charge in [-0.15, -0.1) is 0 Å². The largest absolute Gasteiger partial charge is 0.345 e. The number of rotatable bonds is 5. The Morgan fingerprint density at radius 1 is 0.900 bits per heavy atom. The summed E-state index contributed by atoms with van der Waals surface area (Å²) >= 11 is 6.11. The standard InChI is InChI=1S/C24H18ClFN4/c25-17-9-7-16(8-10-17)23(24-29-19-3-1-2-4-20(19)30-24)21-14-27-22(28-21)13-15-5-11-18(26)12-6-15/h1-12,14,23H,13H2,(H,27,28)(H,29,30). The minimum absolute atomic E-state index is 0.149. The highest BCUT2D eigenvalue weighted by atomic mass is 35.5. The second kappa shape index (κ2) is 7.76. The fraction of sp³-hybridized carbons (Fsp3) is 0.0833. The summed E-state index contributed by atoms with van der Waals surface area (Å²) < 4.78 is 13.2. The third-order valence-electron chi connectivity index (χ3n) is 5.13. The lowest BCUT2D eigenvalue weighted by atomic mass is 9.95. The van der Waals surface area contributed by atoms with E-state index in [1.165, 1.54) is 12.1 Å². The molecule has 0 amide bonds. The average molecular weight is 417 g/mol. The highest BCUT2D eigenvalue weighted by Crippen LogP contribution is 2.31. The van der Waals surface area contributed by atoms with Crippen molar-refractivity contribution in [3.8, 4) is 0 Å². The van der Waals surface area contributed by atoms with Crippen LogP contribution in [0.25, 0.3) is 11.0 Å². The lowest BCUT2D eigenvalue weighted by molar-refractivity contribution is 0.627. The number of aromatic amines is 2. The lowest BCUT2D eigenvalue weighted by Gasteiger charge is -2.14. The number of halogens is 2. The van der Waals surface area contributed by atoms with Crippen LogP contribution in [0.1, 0.15) is 34.4 Å². The minimum Gasteiger partial charge on any atom is -0.345 e. The molecular formula is C24H18ClFN4. The topological polar surface area (TPSA) is 57.4 Å². The number of hydrogen-bond donors (Lipinski definition) is 2. The second-order valence-corrected chi connectivity index (χ2v) is 7.65. The third-order valence-corrected chi connectivity index (χ3v) is 5.38. The first-order valence-electron chi connectivity index (χ1n) is 9.64. The van der Waals surface area contributed by atoms with Gasteiger partial charge in [0.1, 0.15) is 17.5 Å². The summed E-state index contributed by atoms with van der Waals surface area (Å²) in [6.07, 6.45) is 2.43. The van der Waals surface area contributed by atoms with Crippen LogP contribution in [0.4, 0.5) is 4.39 Å².